The Balaban J connectivity index is 4.04. The van der Waals surface area contributed by atoms with Gasteiger partial charge < -0.3 is 11.5 Å². The summed E-state index contributed by atoms with van der Waals surface area (Å²) in [6, 6.07) is -1.88. The Bertz CT molecular complexity index is 120. The SMILES string of the molecule is CC(F)(F)C(N)C(N)=O. The summed E-state index contributed by atoms with van der Waals surface area (Å²) in [6.45, 7) is 0.544. The topological polar surface area (TPSA) is 69.1 Å². The smallest absolute Gasteiger partial charge is 0.269 e. The number of hydrogen-bond acceptors (Lipinski definition) is 2. The average Bonchev–Trinajstić information content (AvgIpc) is 1.62. The zero-order valence-electron chi connectivity index (χ0n) is 4.90. The highest BCUT2D eigenvalue weighted by Gasteiger charge is 2.34. The molecule has 3 nitrogen and oxygen atoms in total. The van der Waals surface area contributed by atoms with Crippen LogP contribution in [0.4, 0.5) is 8.78 Å². The molecule has 1 atom stereocenters. The van der Waals surface area contributed by atoms with Gasteiger partial charge in [0.15, 0.2) is 0 Å². The molecule has 0 saturated heterocycles. The number of carbonyl (C=O) groups is 1. The molecule has 5 heteroatoms. The Morgan fingerprint density at radius 2 is 2.00 bits per heavy atom. The maximum Gasteiger partial charge on any atom is 0.269 e. The van der Waals surface area contributed by atoms with Crippen molar-refractivity contribution in [3.8, 4) is 0 Å². The normalized spacial score (nSPS) is 15.1. The quantitative estimate of drug-likeness (QED) is 0.537. The van der Waals surface area contributed by atoms with Crippen LogP contribution in [0.5, 0.6) is 0 Å². The summed E-state index contributed by atoms with van der Waals surface area (Å²) in [5.74, 6) is -4.41. The molecule has 0 heterocycles. The molecule has 0 aliphatic rings. The molecule has 0 aromatic heterocycles. The molecule has 54 valence electrons. The first kappa shape index (κ1) is 8.29. The van der Waals surface area contributed by atoms with Crippen LogP contribution in [0.2, 0.25) is 0 Å². The number of halogens is 2. The average molecular weight is 138 g/mol. The molecule has 0 aliphatic heterocycles. The minimum Gasteiger partial charge on any atom is -0.368 e. The van der Waals surface area contributed by atoms with Crippen molar-refractivity contribution >= 4 is 5.91 Å². The monoisotopic (exact) mass is 138 g/mol. The van der Waals surface area contributed by atoms with E-state index in [4.69, 9.17) is 0 Å². The fraction of sp³-hybridized carbons (Fsp3) is 0.750. The molecular weight excluding hydrogens is 130 g/mol. The Morgan fingerprint density at radius 3 is 2.00 bits per heavy atom. The molecule has 1 amide bonds. The van der Waals surface area contributed by atoms with Gasteiger partial charge >= 0.3 is 0 Å². The lowest BCUT2D eigenvalue weighted by atomic mass is 10.2. The van der Waals surface area contributed by atoms with Gasteiger partial charge in [0, 0.05) is 6.92 Å². The van der Waals surface area contributed by atoms with Crippen molar-refractivity contribution in [2.24, 2.45) is 11.5 Å². The predicted octanol–water partition coefficient (Wildman–Crippen LogP) is -0.546. The Kier molecular flexibility index (Phi) is 2.08. The van der Waals surface area contributed by atoms with Gasteiger partial charge in [0.1, 0.15) is 6.04 Å². The van der Waals surface area contributed by atoms with Crippen molar-refractivity contribution in [3.05, 3.63) is 0 Å². The van der Waals surface area contributed by atoms with E-state index in [0.29, 0.717) is 6.92 Å². The maximum atomic E-state index is 11.9. The molecule has 0 bridgehead atoms. The van der Waals surface area contributed by atoms with Gasteiger partial charge in [-0.3, -0.25) is 4.79 Å². The van der Waals surface area contributed by atoms with E-state index in [2.05, 4.69) is 11.5 Å². The first-order chi connectivity index (χ1) is 3.85. The van der Waals surface area contributed by atoms with Crippen LogP contribution in [0.15, 0.2) is 0 Å². The maximum absolute atomic E-state index is 11.9. The standard InChI is InChI=1S/C4H8F2N2O/c1-4(5,6)2(7)3(8)9/h2H,7H2,1H3,(H2,8,9). The number of rotatable bonds is 2. The second-order valence-electron chi connectivity index (χ2n) is 1.84. The summed E-state index contributed by atoms with van der Waals surface area (Å²) in [5.41, 5.74) is 9.15. The Hall–Kier alpha value is -0.710. The van der Waals surface area contributed by atoms with E-state index in [1.807, 2.05) is 0 Å². The van der Waals surface area contributed by atoms with Crippen LogP contribution in [0.1, 0.15) is 6.92 Å². The zero-order valence-corrected chi connectivity index (χ0v) is 4.90. The largest absolute Gasteiger partial charge is 0.368 e. The van der Waals surface area contributed by atoms with Gasteiger partial charge in [0.05, 0.1) is 0 Å². The molecule has 0 fully saturated rings. The molecule has 9 heavy (non-hydrogen) atoms. The summed E-state index contributed by atoms with van der Waals surface area (Å²) in [6.07, 6.45) is 0. The van der Waals surface area contributed by atoms with Crippen molar-refractivity contribution < 1.29 is 13.6 Å². The van der Waals surface area contributed by atoms with Gasteiger partial charge in [0.25, 0.3) is 5.92 Å². The number of nitrogens with two attached hydrogens (primary N) is 2. The fourth-order valence-electron chi connectivity index (χ4n) is 0.250. The summed E-state index contributed by atoms with van der Waals surface area (Å²) < 4.78 is 23.9. The summed E-state index contributed by atoms with van der Waals surface area (Å²) in [4.78, 5) is 9.96. The van der Waals surface area contributed by atoms with Crippen LogP contribution in [0.25, 0.3) is 0 Å². The third-order valence-electron chi connectivity index (χ3n) is 0.853. The zero-order chi connectivity index (χ0) is 7.65. The van der Waals surface area contributed by atoms with E-state index in [0.717, 1.165) is 0 Å². The first-order valence-corrected chi connectivity index (χ1v) is 2.28. The molecule has 0 aliphatic carbocycles. The van der Waals surface area contributed by atoms with Gasteiger partial charge in [-0.05, 0) is 0 Å². The second kappa shape index (κ2) is 2.26. The highest BCUT2D eigenvalue weighted by atomic mass is 19.3. The summed E-state index contributed by atoms with van der Waals surface area (Å²) in [5, 5.41) is 0. The molecule has 0 rings (SSSR count). The van der Waals surface area contributed by atoms with Gasteiger partial charge in [0.2, 0.25) is 5.91 Å². The Labute approximate surface area is 51.0 Å². The van der Waals surface area contributed by atoms with Gasteiger partial charge in [-0.25, -0.2) is 8.78 Å². The van der Waals surface area contributed by atoms with Crippen LogP contribution < -0.4 is 11.5 Å². The lowest BCUT2D eigenvalue weighted by Crippen LogP contribution is -2.48. The third-order valence-corrected chi connectivity index (χ3v) is 0.853. The van der Waals surface area contributed by atoms with Crippen molar-refractivity contribution in [1.29, 1.82) is 0 Å². The van der Waals surface area contributed by atoms with E-state index < -0.39 is 17.9 Å². The van der Waals surface area contributed by atoms with Gasteiger partial charge in [-0.15, -0.1) is 0 Å². The number of hydrogen-bond donors (Lipinski definition) is 2. The molecule has 1 unspecified atom stereocenters. The molecule has 0 aromatic carbocycles. The highest BCUT2D eigenvalue weighted by Crippen LogP contribution is 2.14. The number of amides is 1. The lowest BCUT2D eigenvalue weighted by Gasteiger charge is -2.14. The van der Waals surface area contributed by atoms with Crippen LogP contribution in [-0.4, -0.2) is 17.9 Å². The van der Waals surface area contributed by atoms with Crippen LogP contribution in [0.3, 0.4) is 0 Å². The van der Waals surface area contributed by atoms with E-state index >= 15 is 0 Å². The van der Waals surface area contributed by atoms with Crippen molar-refractivity contribution in [2.45, 2.75) is 18.9 Å². The first-order valence-electron chi connectivity index (χ1n) is 2.28. The summed E-state index contributed by atoms with van der Waals surface area (Å²) >= 11 is 0. The van der Waals surface area contributed by atoms with Crippen LogP contribution in [-0.2, 0) is 4.79 Å². The van der Waals surface area contributed by atoms with Crippen LogP contribution in [0, 0.1) is 0 Å². The van der Waals surface area contributed by atoms with E-state index in [1.165, 1.54) is 0 Å². The van der Waals surface area contributed by atoms with Crippen molar-refractivity contribution in [3.63, 3.8) is 0 Å². The van der Waals surface area contributed by atoms with E-state index in [-0.39, 0.29) is 0 Å². The predicted molar refractivity (Wildman–Crippen MR) is 27.8 cm³/mol. The van der Waals surface area contributed by atoms with E-state index in [9.17, 15) is 13.6 Å². The number of carbonyl (C=O) groups excluding carboxylic acids is 1. The molecule has 0 spiro atoms. The summed E-state index contributed by atoms with van der Waals surface area (Å²) in [7, 11) is 0. The van der Waals surface area contributed by atoms with Crippen molar-refractivity contribution in [2.75, 3.05) is 0 Å². The fourth-order valence-corrected chi connectivity index (χ4v) is 0.250. The number of alkyl halides is 2. The van der Waals surface area contributed by atoms with Crippen LogP contribution >= 0.6 is 0 Å². The number of primary amides is 1. The molecule has 0 radical (unpaired) electrons. The second-order valence-corrected chi connectivity index (χ2v) is 1.84. The minimum absolute atomic E-state index is 0.544. The highest BCUT2D eigenvalue weighted by molar-refractivity contribution is 5.80. The van der Waals surface area contributed by atoms with E-state index in [1.54, 1.807) is 0 Å². The van der Waals surface area contributed by atoms with Gasteiger partial charge in [-0.2, -0.15) is 0 Å². The molecule has 0 aromatic rings. The third kappa shape index (κ3) is 2.36. The van der Waals surface area contributed by atoms with Crippen molar-refractivity contribution in [1.82, 2.24) is 0 Å². The van der Waals surface area contributed by atoms with Gasteiger partial charge in [-0.1, -0.05) is 0 Å². The molecular formula is C4H8F2N2O. The lowest BCUT2D eigenvalue weighted by molar-refractivity contribution is -0.126. The molecule has 4 N–H and O–H groups in total. The molecule has 0 saturated carbocycles. The Morgan fingerprint density at radius 1 is 1.67 bits per heavy atom. The minimum atomic E-state index is -3.22.